The van der Waals surface area contributed by atoms with Crippen LogP contribution in [-0.4, -0.2) is 49.7 Å². The number of nitrogens with one attached hydrogen (secondary N) is 1. The number of benzene rings is 1. The van der Waals surface area contributed by atoms with Gasteiger partial charge >= 0.3 is 0 Å². The first-order chi connectivity index (χ1) is 14.5. The van der Waals surface area contributed by atoms with Gasteiger partial charge in [0.05, 0.1) is 28.0 Å². The zero-order valence-corrected chi connectivity index (χ0v) is 17.9. The number of ketones is 2. The smallest absolute Gasteiger partial charge is 0.213 e. The van der Waals surface area contributed by atoms with Gasteiger partial charge in [0, 0.05) is 36.6 Å². The summed E-state index contributed by atoms with van der Waals surface area (Å²) in [5.74, 6) is -1.99. The molecule has 3 aliphatic rings. The predicted molar refractivity (Wildman–Crippen MR) is 114 cm³/mol. The third-order valence-corrected chi connectivity index (χ3v) is 7.00. The lowest BCUT2D eigenvalue weighted by Gasteiger charge is -2.44. The lowest BCUT2D eigenvalue weighted by atomic mass is 9.69. The molecule has 2 atom stereocenters. The molecule has 0 aromatic heterocycles. The quantitative estimate of drug-likeness (QED) is 0.369. The minimum Gasteiger partial charge on any atom is -0.507 e. The molecule has 31 heavy (non-hydrogen) atoms. The van der Waals surface area contributed by atoms with E-state index in [4.69, 9.17) is 0 Å². The van der Waals surface area contributed by atoms with Crippen LogP contribution in [0.25, 0.3) is 0 Å². The summed E-state index contributed by atoms with van der Waals surface area (Å²) in [4.78, 5) is 25.9. The molecule has 0 aliphatic heterocycles. The van der Waals surface area contributed by atoms with E-state index in [-0.39, 0.29) is 40.8 Å². The number of aromatic hydroxyl groups is 2. The molecule has 0 saturated carbocycles. The molecule has 0 unspecified atom stereocenters. The molecule has 1 aromatic carbocycles. The fourth-order valence-electron chi connectivity index (χ4n) is 4.76. The molecule has 0 fully saturated rings. The Labute approximate surface area is 181 Å². The third-order valence-electron chi connectivity index (χ3n) is 7.00. The van der Waals surface area contributed by atoms with Crippen molar-refractivity contribution >= 4 is 11.6 Å². The van der Waals surface area contributed by atoms with Crippen LogP contribution in [0.4, 0.5) is 0 Å². The van der Waals surface area contributed by atoms with Gasteiger partial charge < -0.3 is 25.7 Å². The first kappa shape index (κ1) is 21.6. The van der Waals surface area contributed by atoms with Crippen molar-refractivity contribution < 1.29 is 30.0 Å². The maximum atomic E-state index is 13.1. The van der Waals surface area contributed by atoms with Crippen molar-refractivity contribution in [3.05, 3.63) is 45.7 Å². The highest BCUT2D eigenvalue weighted by molar-refractivity contribution is 6.26. The Morgan fingerprint density at radius 2 is 1.58 bits per heavy atom. The summed E-state index contributed by atoms with van der Waals surface area (Å²) in [5.41, 5.74) is -1.87. The molecule has 166 valence electrons. The van der Waals surface area contributed by atoms with E-state index in [0.717, 1.165) is 31.8 Å². The number of carbonyl (C=O) groups excluding carboxylic acids is 2. The van der Waals surface area contributed by atoms with Gasteiger partial charge in [-0.3, -0.25) is 9.59 Å². The number of allylic oxidation sites excluding steroid dienone is 3. The molecule has 1 aromatic rings. The predicted octanol–water partition coefficient (Wildman–Crippen LogP) is 2.44. The topological polar surface area (TPSA) is 127 Å². The van der Waals surface area contributed by atoms with Crippen LogP contribution in [0.15, 0.2) is 23.4 Å². The van der Waals surface area contributed by atoms with Gasteiger partial charge in [-0.05, 0) is 46.0 Å². The van der Waals surface area contributed by atoms with E-state index in [1.165, 1.54) is 25.8 Å². The number of hydrogen-bond donors (Lipinski definition) is 5. The molecule has 7 nitrogen and oxygen atoms in total. The van der Waals surface area contributed by atoms with Crippen LogP contribution in [0.2, 0.25) is 0 Å². The second kappa shape index (κ2) is 7.50. The summed E-state index contributed by atoms with van der Waals surface area (Å²) in [6.45, 7) is 3.36. The molecule has 4 rings (SSSR count). The summed E-state index contributed by atoms with van der Waals surface area (Å²) >= 11 is 0. The second-order valence-corrected chi connectivity index (χ2v) is 9.34. The third kappa shape index (κ3) is 3.55. The molecule has 0 saturated heterocycles. The van der Waals surface area contributed by atoms with Crippen molar-refractivity contribution in [2.45, 2.75) is 70.0 Å². The van der Waals surface area contributed by atoms with Crippen LogP contribution in [0, 0.1) is 0 Å². The van der Waals surface area contributed by atoms with Crippen molar-refractivity contribution in [3.8, 4) is 11.5 Å². The number of Topliss-reactive ketones (excluding diaryl/α,β-unsaturated/α-hetero) is 1. The van der Waals surface area contributed by atoms with Crippen molar-refractivity contribution in [2.75, 3.05) is 6.54 Å². The molecule has 0 bridgehead atoms. The van der Waals surface area contributed by atoms with Crippen molar-refractivity contribution in [3.63, 3.8) is 0 Å². The molecule has 0 radical (unpaired) electrons. The summed E-state index contributed by atoms with van der Waals surface area (Å²) in [6, 6.07) is 0. The molecule has 5 N–H and O–H groups in total. The molecule has 7 heteroatoms. The summed E-state index contributed by atoms with van der Waals surface area (Å²) in [7, 11) is 0. The molecule has 3 aliphatic carbocycles. The lowest BCUT2D eigenvalue weighted by Crippen LogP contribution is -2.55. The fraction of sp³-hybridized carbons (Fsp3) is 0.500. The first-order valence-electron chi connectivity index (χ1n) is 10.8. The maximum absolute atomic E-state index is 13.1. The number of fused-ring (bicyclic) bond motifs is 2. The Hall–Kier alpha value is -2.64. The fourth-order valence-corrected chi connectivity index (χ4v) is 4.76. The lowest BCUT2D eigenvalue weighted by molar-refractivity contribution is -0.135. The first-order valence-corrected chi connectivity index (χ1v) is 10.8. The number of phenols is 2. The van der Waals surface area contributed by atoms with Gasteiger partial charge in [-0.15, -0.1) is 0 Å². The Morgan fingerprint density at radius 1 is 0.968 bits per heavy atom. The van der Waals surface area contributed by atoms with Gasteiger partial charge in [-0.1, -0.05) is 11.6 Å². The van der Waals surface area contributed by atoms with Gasteiger partial charge in [-0.25, -0.2) is 0 Å². The van der Waals surface area contributed by atoms with E-state index < -0.39 is 34.3 Å². The van der Waals surface area contributed by atoms with E-state index >= 15 is 0 Å². The number of rotatable bonds is 4. The van der Waals surface area contributed by atoms with Crippen LogP contribution >= 0.6 is 0 Å². The van der Waals surface area contributed by atoms with Crippen LogP contribution in [0.5, 0.6) is 11.5 Å². The van der Waals surface area contributed by atoms with Crippen molar-refractivity contribution in [1.82, 2.24) is 5.32 Å². The van der Waals surface area contributed by atoms with Gasteiger partial charge in [0.25, 0.3) is 0 Å². The summed E-state index contributed by atoms with van der Waals surface area (Å²) in [5, 5.41) is 46.0. The van der Waals surface area contributed by atoms with E-state index in [1.54, 1.807) is 0 Å². The largest absolute Gasteiger partial charge is 0.507 e. The number of carbonyl (C=O) groups is 2. The zero-order valence-electron chi connectivity index (χ0n) is 17.9. The minimum absolute atomic E-state index is 0.0816. The average molecular weight is 427 g/mol. The van der Waals surface area contributed by atoms with E-state index in [9.17, 15) is 30.0 Å². The normalized spacial score (nSPS) is 27.9. The SMILES string of the molecule is C[C@]1(O)Cc2c(O)c3c(c(O)c2C[C@@]1(C)O)C(=O)C=C(NCCC1=CCCCC1)C3=O. The Kier molecular flexibility index (Phi) is 5.22. The molecular weight excluding hydrogens is 398 g/mol. The van der Waals surface area contributed by atoms with Crippen LogP contribution in [0.3, 0.4) is 0 Å². The Bertz CT molecular complexity index is 1030. The van der Waals surface area contributed by atoms with Gasteiger partial charge in [0.2, 0.25) is 5.78 Å². The van der Waals surface area contributed by atoms with Crippen molar-refractivity contribution in [2.24, 2.45) is 0 Å². The van der Waals surface area contributed by atoms with Crippen LogP contribution in [0.1, 0.15) is 77.8 Å². The Morgan fingerprint density at radius 3 is 2.16 bits per heavy atom. The zero-order chi connectivity index (χ0) is 22.6. The Balaban J connectivity index is 1.66. The van der Waals surface area contributed by atoms with Gasteiger partial charge in [0.1, 0.15) is 11.5 Å². The standard InChI is InChI=1S/C24H29NO6/c1-23(30)11-14-15(12-24(23,2)31)21(28)19-18(20(14)27)17(26)10-16(22(19)29)25-9-8-13-6-4-3-5-7-13/h6,10,25,27-28,30-31H,3-5,7-9,11-12H2,1-2H3/t23-,24+/m1/s1. The van der Waals surface area contributed by atoms with Gasteiger partial charge in [0.15, 0.2) is 5.78 Å². The highest BCUT2D eigenvalue weighted by Gasteiger charge is 2.49. The highest BCUT2D eigenvalue weighted by atomic mass is 16.4. The second-order valence-electron chi connectivity index (χ2n) is 9.34. The molecular formula is C24H29NO6. The summed E-state index contributed by atoms with van der Waals surface area (Å²) < 4.78 is 0. The molecule has 0 spiro atoms. The maximum Gasteiger partial charge on any atom is 0.213 e. The average Bonchev–Trinajstić information content (AvgIpc) is 2.70. The van der Waals surface area contributed by atoms with E-state index in [1.807, 2.05) is 0 Å². The van der Waals surface area contributed by atoms with Crippen LogP contribution in [-0.2, 0) is 12.8 Å². The van der Waals surface area contributed by atoms with E-state index in [0.29, 0.717) is 6.54 Å². The molecule has 0 heterocycles. The van der Waals surface area contributed by atoms with Gasteiger partial charge in [-0.2, -0.15) is 0 Å². The molecule has 0 amide bonds. The van der Waals surface area contributed by atoms with Crippen LogP contribution < -0.4 is 5.32 Å². The number of phenolic OH excluding ortho intramolecular Hbond substituents is 2. The van der Waals surface area contributed by atoms with Crippen molar-refractivity contribution in [1.29, 1.82) is 0 Å². The minimum atomic E-state index is -1.58. The monoisotopic (exact) mass is 427 g/mol. The number of aliphatic hydroxyl groups is 2. The summed E-state index contributed by atoms with van der Waals surface area (Å²) in [6.07, 6.45) is 8.29. The highest BCUT2D eigenvalue weighted by Crippen LogP contribution is 2.48. The number of hydrogen-bond acceptors (Lipinski definition) is 7. The van der Waals surface area contributed by atoms with E-state index in [2.05, 4.69) is 11.4 Å².